The highest BCUT2D eigenvalue weighted by atomic mass is 79.9. The van der Waals surface area contributed by atoms with Crippen molar-refractivity contribution in [1.82, 2.24) is 9.78 Å². The van der Waals surface area contributed by atoms with Gasteiger partial charge in [-0.2, -0.15) is 14.9 Å². The van der Waals surface area contributed by atoms with Gasteiger partial charge in [-0.15, -0.1) is 0 Å². The van der Waals surface area contributed by atoms with E-state index in [9.17, 15) is 4.79 Å². The molecule has 5 nitrogen and oxygen atoms in total. The van der Waals surface area contributed by atoms with Crippen LogP contribution in [-0.4, -0.2) is 16.0 Å². The number of halogens is 1. The van der Waals surface area contributed by atoms with Gasteiger partial charge < -0.3 is 0 Å². The molecule has 118 valence electrons. The summed E-state index contributed by atoms with van der Waals surface area (Å²) in [5, 5.41) is 8.44. The zero-order chi connectivity index (χ0) is 16.1. The van der Waals surface area contributed by atoms with E-state index >= 15 is 0 Å². The quantitative estimate of drug-likeness (QED) is 0.505. The fourth-order valence-electron chi connectivity index (χ4n) is 2.43. The minimum atomic E-state index is -0.225. The number of rotatable bonds is 4. The second-order valence-corrected chi connectivity index (χ2v) is 6.15. The Kier molecular flexibility index (Phi) is 5.02. The van der Waals surface area contributed by atoms with E-state index in [-0.39, 0.29) is 5.56 Å². The number of hydrazone groups is 1. The van der Waals surface area contributed by atoms with Crippen LogP contribution in [0, 0.1) is 5.92 Å². The Bertz CT molecular complexity index is 783. The molecule has 6 heteroatoms. The maximum Gasteiger partial charge on any atom is 0.287 e. The Hall–Kier alpha value is -2.21. The number of benzene rings is 1. The first-order valence-electron chi connectivity index (χ1n) is 7.53. The Labute approximate surface area is 142 Å². The van der Waals surface area contributed by atoms with Gasteiger partial charge in [0.25, 0.3) is 5.56 Å². The van der Waals surface area contributed by atoms with Gasteiger partial charge in [0, 0.05) is 6.21 Å². The van der Waals surface area contributed by atoms with E-state index in [1.54, 1.807) is 6.20 Å². The molecule has 0 aliphatic heterocycles. The molecule has 1 atom stereocenters. The highest BCUT2D eigenvalue weighted by Gasteiger charge is 2.10. The van der Waals surface area contributed by atoms with Crippen LogP contribution >= 0.6 is 15.9 Å². The van der Waals surface area contributed by atoms with Crippen LogP contribution in [0.2, 0.25) is 0 Å². The summed E-state index contributed by atoms with van der Waals surface area (Å²) < 4.78 is 1.77. The summed E-state index contributed by atoms with van der Waals surface area (Å²) in [6.07, 6.45) is 11.1. The smallest absolute Gasteiger partial charge is 0.276 e. The molecule has 1 aliphatic rings. The van der Waals surface area contributed by atoms with Crippen LogP contribution in [0.3, 0.4) is 0 Å². The fourth-order valence-corrected chi connectivity index (χ4v) is 2.79. The van der Waals surface area contributed by atoms with Crippen molar-refractivity contribution in [2.45, 2.75) is 19.3 Å². The van der Waals surface area contributed by atoms with Crippen molar-refractivity contribution < 1.29 is 0 Å². The predicted octanol–water partition coefficient (Wildman–Crippen LogP) is 3.75. The van der Waals surface area contributed by atoms with E-state index in [0.717, 1.165) is 24.9 Å². The molecule has 1 aromatic carbocycles. The number of hydrogen-bond donors (Lipinski definition) is 1. The van der Waals surface area contributed by atoms with Gasteiger partial charge in [0.05, 0.1) is 17.6 Å². The van der Waals surface area contributed by atoms with Gasteiger partial charge in [0.1, 0.15) is 4.47 Å². The second-order valence-electron chi connectivity index (χ2n) is 5.36. The number of anilines is 1. The van der Waals surface area contributed by atoms with Crippen LogP contribution < -0.4 is 11.0 Å². The molecule has 0 spiro atoms. The van der Waals surface area contributed by atoms with Crippen molar-refractivity contribution in [2.75, 3.05) is 5.43 Å². The van der Waals surface area contributed by atoms with Crippen LogP contribution in [0.1, 0.15) is 19.3 Å². The van der Waals surface area contributed by atoms with Gasteiger partial charge in [0.2, 0.25) is 0 Å². The number of nitrogens with one attached hydrogen (secondary N) is 1. The van der Waals surface area contributed by atoms with E-state index in [2.05, 4.69) is 43.7 Å². The summed E-state index contributed by atoms with van der Waals surface area (Å²) >= 11 is 3.33. The summed E-state index contributed by atoms with van der Waals surface area (Å²) in [5.41, 5.74) is 3.96. The lowest BCUT2D eigenvalue weighted by molar-refractivity contribution is 0.627. The van der Waals surface area contributed by atoms with Crippen LogP contribution in [0.4, 0.5) is 5.69 Å². The first kappa shape index (κ1) is 15.7. The summed E-state index contributed by atoms with van der Waals surface area (Å²) in [7, 11) is 0. The van der Waals surface area contributed by atoms with Gasteiger partial charge in [-0.05, 0) is 53.2 Å². The zero-order valence-corrected chi connectivity index (χ0v) is 14.1. The number of aromatic nitrogens is 2. The van der Waals surface area contributed by atoms with Crippen molar-refractivity contribution >= 4 is 27.8 Å². The Balaban J connectivity index is 1.77. The van der Waals surface area contributed by atoms with E-state index in [1.807, 2.05) is 36.5 Å². The van der Waals surface area contributed by atoms with Gasteiger partial charge in [-0.1, -0.05) is 30.4 Å². The molecule has 1 aromatic heterocycles. The van der Waals surface area contributed by atoms with Crippen molar-refractivity contribution in [3.05, 3.63) is 63.5 Å². The van der Waals surface area contributed by atoms with Crippen molar-refractivity contribution in [1.29, 1.82) is 0 Å². The lowest BCUT2D eigenvalue weighted by Gasteiger charge is -2.12. The molecular weight excluding hydrogens is 356 g/mol. The van der Waals surface area contributed by atoms with E-state index in [0.29, 0.717) is 16.1 Å². The minimum Gasteiger partial charge on any atom is -0.276 e. The lowest BCUT2D eigenvalue weighted by atomic mass is 9.96. The summed E-state index contributed by atoms with van der Waals surface area (Å²) in [5.74, 6) is 0.448. The van der Waals surface area contributed by atoms with Crippen molar-refractivity contribution in [3.63, 3.8) is 0 Å². The van der Waals surface area contributed by atoms with Crippen LogP contribution in [0.5, 0.6) is 0 Å². The van der Waals surface area contributed by atoms with Crippen molar-refractivity contribution in [3.8, 4) is 5.69 Å². The molecular formula is C17H17BrN4O. The first-order valence-corrected chi connectivity index (χ1v) is 8.32. The molecule has 1 N–H and O–H groups in total. The van der Waals surface area contributed by atoms with Gasteiger partial charge in [0.15, 0.2) is 0 Å². The first-order chi connectivity index (χ1) is 11.3. The standard InChI is InChI=1S/C17H17BrN4O/c18-16-15(21-19-11-13-7-3-1-4-8-13)12-20-22(17(16)23)14-9-5-2-6-10-14/h1-3,5-6,9-13,21H,4,7-8H2/b19-11+. The number of nitrogens with zero attached hydrogens (tertiary/aromatic N) is 3. The maximum absolute atomic E-state index is 12.4. The number of hydrogen-bond acceptors (Lipinski definition) is 4. The summed E-state index contributed by atoms with van der Waals surface area (Å²) in [4.78, 5) is 12.4. The highest BCUT2D eigenvalue weighted by Crippen LogP contribution is 2.19. The number of para-hydroxylation sites is 1. The zero-order valence-electron chi connectivity index (χ0n) is 12.5. The average molecular weight is 373 g/mol. The van der Waals surface area contributed by atoms with Crippen LogP contribution in [0.25, 0.3) is 5.69 Å². The molecule has 3 rings (SSSR count). The monoisotopic (exact) mass is 372 g/mol. The van der Waals surface area contributed by atoms with Gasteiger partial charge >= 0.3 is 0 Å². The number of allylic oxidation sites excluding steroid dienone is 2. The molecule has 0 fully saturated rings. The molecule has 1 aliphatic carbocycles. The highest BCUT2D eigenvalue weighted by molar-refractivity contribution is 9.10. The molecule has 1 unspecified atom stereocenters. The van der Waals surface area contributed by atoms with Crippen LogP contribution in [-0.2, 0) is 0 Å². The third kappa shape index (κ3) is 3.76. The normalized spacial score (nSPS) is 17.5. The Morgan fingerprint density at radius 2 is 2.13 bits per heavy atom. The third-order valence-corrected chi connectivity index (χ3v) is 4.47. The van der Waals surface area contributed by atoms with Crippen molar-refractivity contribution in [2.24, 2.45) is 11.0 Å². The molecule has 23 heavy (non-hydrogen) atoms. The van der Waals surface area contributed by atoms with E-state index < -0.39 is 0 Å². The summed E-state index contributed by atoms with van der Waals surface area (Å²) in [6.45, 7) is 0. The maximum atomic E-state index is 12.4. The third-order valence-electron chi connectivity index (χ3n) is 3.70. The summed E-state index contributed by atoms with van der Waals surface area (Å²) in [6, 6.07) is 9.30. The lowest BCUT2D eigenvalue weighted by Crippen LogP contribution is -2.22. The van der Waals surface area contributed by atoms with Crippen LogP contribution in [0.15, 0.2) is 63.0 Å². The topological polar surface area (TPSA) is 59.3 Å². The molecule has 2 aromatic rings. The molecule has 0 saturated heterocycles. The fraction of sp³-hybridized carbons (Fsp3) is 0.235. The molecule has 0 radical (unpaired) electrons. The predicted molar refractivity (Wildman–Crippen MR) is 96.1 cm³/mol. The Morgan fingerprint density at radius 1 is 1.30 bits per heavy atom. The van der Waals surface area contributed by atoms with E-state index in [1.165, 1.54) is 4.68 Å². The molecule has 0 bridgehead atoms. The minimum absolute atomic E-state index is 0.225. The molecule has 0 amide bonds. The van der Waals surface area contributed by atoms with Gasteiger partial charge in [-0.3, -0.25) is 10.2 Å². The SMILES string of the molecule is O=c1c(Br)c(N/N=C/C2CC=CCC2)cnn1-c1ccccc1. The average Bonchev–Trinajstić information content (AvgIpc) is 2.60. The molecule has 1 heterocycles. The largest absolute Gasteiger partial charge is 0.287 e. The molecule has 0 saturated carbocycles. The second kappa shape index (κ2) is 7.37. The van der Waals surface area contributed by atoms with E-state index in [4.69, 9.17) is 0 Å². The van der Waals surface area contributed by atoms with Gasteiger partial charge in [-0.25, -0.2) is 0 Å². The Morgan fingerprint density at radius 3 is 2.87 bits per heavy atom.